The van der Waals surface area contributed by atoms with Crippen molar-refractivity contribution in [1.82, 2.24) is 4.90 Å². The smallest absolute Gasteiger partial charge is 0.311 e. The number of aliphatic hydroxyl groups is 1. The summed E-state index contributed by atoms with van der Waals surface area (Å²) < 4.78 is 3.92. The number of carbonyl (C=O) groups excluding carboxylic acids is 3. The molecule has 7 nitrogen and oxygen atoms in total. The van der Waals surface area contributed by atoms with Gasteiger partial charge in [0.05, 0.1) is 29.8 Å². The molecule has 2 fully saturated rings. The van der Waals surface area contributed by atoms with Crippen LogP contribution in [0.2, 0.25) is 0 Å². The number of aryl methyl sites for hydroxylation is 2. The van der Waals surface area contributed by atoms with E-state index < -0.39 is 33.3 Å². The molecule has 180 valence electrons. The van der Waals surface area contributed by atoms with Crippen molar-refractivity contribution in [2.45, 2.75) is 42.7 Å². The van der Waals surface area contributed by atoms with Crippen LogP contribution in [0.1, 0.15) is 24.5 Å². The number of likely N-dealkylation sites (tertiary alicyclic amines) is 1. The molecule has 8 heteroatoms. The highest BCUT2D eigenvalue weighted by Crippen LogP contribution is 2.65. The molecule has 34 heavy (non-hydrogen) atoms. The standard InChI is InChI=1S/C26H30N2O5S/c1-16-8-6-9-17(2)20(16)27-12-7-11-26-18(22(30)28(13-14-29)21(26)23(27)31)19-24(32)33-15-5-4-10-25(19,3)34-26/h4,6-11,18-19,21,29H,5,12-15H2,1-3H3/t18-,19+,21?,25-,26-/m0/s1. The molecule has 1 spiro atoms. The number of para-hydroxylation sites is 1. The summed E-state index contributed by atoms with van der Waals surface area (Å²) in [5.41, 5.74) is 2.80. The van der Waals surface area contributed by atoms with Crippen LogP contribution in [0.15, 0.2) is 42.5 Å². The van der Waals surface area contributed by atoms with Crippen LogP contribution in [-0.2, 0) is 19.1 Å². The summed E-state index contributed by atoms with van der Waals surface area (Å²) in [4.78, 5) is 44.6. The Morgan fingerprint density at radius 3 is 2.53 bits per heavy atom. The highest BCUT2D eigenvalue weighted by atomic mass is 32.2. The molecule has 4 heterocycles. The van der Waals surface area contributed by atoms with Crippen molar-refractivity contribution in [3.05, 3.63) is 53.6 Å². The van der Waals surface area contributed by atoms with Gasteiger partial charge in [0.2, 0.25) is 5.91 Å². The Balaban J connectivity index is 1.67. The number of benzene rings is 1. The summed E-state index contributed by atoms with van der Waals surface area (Å²) in [5.74, 6) is -2.30. The van der Waals surface area contributed by atoms with E-state index in [9.17, 15) is 19.5 Å². The first kappa shape index (κ1) is 23.2. The maximum absolute atomic E-state index is 14.3. The minimum Gasteiger partial charge on any atom is -0.465 e. The number of anilines is 1. The third-order valence-corrected chi connectivity index (χ3v) is 9.37. The topological polar surface area (TPSA) is 87.2 Å². The molecule has 1 N–H and O–H groups in total. The van der Waals surface area contributed by atoms with E-state index in [0.717, 1.165) is 16.8 Å². The van der Waals surface area contributed by atoms with E-state index in [1.165, 1.54) is 16.7 Å². The van der Waals surface area contributed by atoms with Gasteiger partial charge in [0, 0.05) is 23.5 Å². The summed E-state index contributed by atoms with van der Waals surface area (Å²) in [7, 11) is 0. The molecule has 2 saturated heterocycles. The van der Waals surface area contributed by atoms with E-state index in [-0.39, 0.29) is 31.6 Å². The summed E-state index contributed by atoms with van der Waals surface area (Å²) in [5, 5.41) is 9.79. The zero-order valence-corrected chi connectivity index (χ0v) is 20.5. The van der Waals surface area contributed by atoms with E-state index in [2.05, 4.69) is 0 Å². The molecule has 0 radical (unpaired) electrons. The van der Waals surface area contributed by atoms with Crippen molar-refractivity contribution in [3.8, 4) is 0 Å². The van der Waals surface area contributed by atoms with Crippen molar-refractivity contribution in [3.63, 3.8) is 0 Å². The monoisotopic (exact) mass is 482 g/mol. The first-order valence-corrected chi connectivity index (χ1v) is 12.6. The van der Waals surface area contributed by atoms with Gasteiger partial charge in [-0.15, -0.1) is 11.8 Å². The second-order valence-electron chi connectivity index (χ2n) is 9.70. The number of thioether (sulfide) groups is 1. The van der Waals surface area contributed by atoms with Gasteiger partial charge in [-0.1, -0.05) is 42.5 Å². The lowest BCUT2D eigenvalue weighted by molar-refractivity contribution is -0.154. The minimum atomic E-state index is -0.929. The van der Waals surface area contributed by atoms with Gasteiger partial charge in [-0.25, -0.2) is 0 Å². The number of carbonyl (C=O) groups is 3. The average molecular weight is 483 g/mol. The third kappa shape index (κ3) is 3.18. The molecular formula is C26H30N2O5S. The Kier molecular flexibility index (Phi) is 5.64. The normalized spacial score (nSPS) is 34.8. The van der Waals surface area contributed by atoms with Crippen LogP contribution >= 0.6 is 11.8 Å². The molecule has 1 aromatic carbocycles. The summed E-state index contributed by atoms with van der Waals surface area (Å²) in [6.07, 6.45) is 8.57. The van der Waals surface area contributed by atoms with Gasteiger partial charge in [-0.2, -0.15) is 0 Å². The van der Waals surface area contributed by atoms with E-state index in [4.69, 9.17) is 4.74 Å². The number of amides is 2. The maximum atomic E-state index is 14.3. The molecule has 0 saturated carbocycles. The first-order chi connectivity index (χ1) is 16.2. The Morgan fingerprint density at radius 2 is 1.82 bits per heavy atom. The summed E-state index contributed by atoms with van der Waals surface area (Å²) >= 11 is 1.52. The lowest BCUT2D eigenvalue weighted by Crippen LogP contribution is -2.54. The van der Waals surface area contributed by atoms with Gasteiger partial charge in [0.25, 0.3) is 5.91 Å². The number of β-amino-alcohol motifs (C(OH)–C–C–N with tert-alkyl or cyclic N) is 1. The number of hydrogen-bond acceptors (Lipinski definition) is 6. The zero-order chi connectivity index (χ0) is 24.3. The van der Waals surface area contributed by atoms with Crippen molar-refractivity contribution in [2.24, 2.45) is 11.8 Å². The fourth-order valence-electron chi connectivity index (χ4n) is 6.27. The molecule has 4 aliphatic heterocycles. The quantitative estimate of drug-likeness (QED) is 0.526. The molecule has 0 aromatic heterocycles. The second-order valence-corrected chi connectivity index (χ2v) is 11.5. The van der Waals surface area contributed by atoms with Gasteiger partial charge in [-0.3, -0.25) is 14.4 Å². The van der Waals surface area contributed by atoms with Gasteiger partial charge in [-0.05, 0) is 38.3 Å². The zero-order valence-electron chi connectivity index (χ0n) is 19.7. The van der Waals surface area contributed by atoms with Crippen LogP contribution in [0.25, 0.3) is 0 Å². The lowest BCUT2D eigenvalue weighted by atomic mass is 9.74. The van der Waals surface area contributed by atoms with E-state index >= 15 is 0 Å². The molecule has 2 amide bonds. The Hall–Kier alpha value is -2.58. The molecular weight excluding hydrogens is 452 g/mol. The number of ether oxygens (including phenoxy) is 1. The lowest BCUT2D eigenvalue weighted by Gasteiger charge is -2.37. The summed E-state index contributed by atoms with van der Waals surface area (Å²) in [6.45, 7) is 6.34. The predicted octanol–water partition coefficient (Wildman–Crippen LogP) is 2.39. The molecule has 4 aliphatic rings. The van der Waals surface area contributed by atoms with Crippen LogP contribution in [0.3, 0.4) is 0 Å². The highest BCUT2D eigenvalue weighted by molar-refractivity contribution is 8.02. The van der Waals surface area contributed by atoms with Crippen LogP contribution in [0.4, 0.5) is 5.69 Å². The SMILES string of the molecule is Cc1cccc(C)c1N1CC=C[C@]23S[C@@]4(C)C=CCCOC(=O)[C@H]4[C@H]2C(=O)N(CCO)C3C1=O. The number of hydrogen-bond donors (Lipinski definition) is 1. The molecule has 1 aromatic rings. The second kappa shape index (κ2) is 8.27. The number of cyclic esters (lactones) is 1. The predicted molar refractivity (Wildman–Crippen MR) is 130 cm³/mol. The van der Waals surface area contributed by atoms with Gasteiger partial charge in [0.1, 0.15) is 6.04 Å². The Labute approximate surface area is 203 Å². The number of fused-ring (bicyclic) bond motifs is 2. The van der Waals surface area contributed by atoms with Crippen molar-refractivity contribution in [2.75, 3.05) is 31.2 Å². The molecule has 1 unspecified atom stereocenters. The van der Waals surface area contributed by atoms with Crippen LogP contribution in [-0.4, -0.2) is 69.6 Å². The molecule has 5 atom stereocenters. The molecule has 5 rings (SSSR count). The van der Waals surface area contributed by atoms with Crippen molar-refractivity contribution >= 4 is 35.2 Å². The molecule has 0 aliphatic carbocycles. The van der Waals surface area contributed by atoms with Gasteiger partial charge >= 0.3 is 5.97 Å². The van der Waals surface area contributed by atoms with E-state index in [1.807, 2.05) is 63.3 Å². The van der Waals surface area contributed by atoms with Crippen LogP contribution < -0.4 is 4.90 Å². The molecule has 0 bridgehead atoms. The number of aliphatic hydroxyl groups excluding tert-OH is 1. The van der Waals surface area contributed by atoms with Gasteiger partial charge in [0.15, 0.2) is 0 Å². The van der Waals surface area contributed by atoms with Gasteiger partial charge < -0.3 is 19.6 Å². The van der Waals surface area contributed by atoms with Crippen LogP contribution in [0.5, 0.6) is 0 Å². The van der Waals surface area contributed by atoms with Crippen LogP contribution in [0, 0.1) is 25.7 Å². The number of nitrogens with zero attached hydrogens (tertiary/aromatic N) is 2. The van der Waals surface area contributed by atoms with Crippen molar-refractivity contribution < 1.29 is 24.2 Å². The van der Waals surface area contributed by atoms with E-state index in [1.54, 1.807) is 4.90 Å². The largest absolute Gasteiger partial charge is 0.465 e. The first-order valence-electron chi connectivity index (χ1n) is 11.8. The van der Waals surface area contributed by atoms with Crippen molar-refractivity contribution in [1.29, 1.82) is 0 Å². The van der Waals surface area contributed by atoms with E-state index in [0.29, 0.717) is 13.0 Å². The fraction of sp³-hybridized carbons (Fsp3) is 0.500. The Bertz CT molecular complexity index is 1100. The highest BCUT2D eigenvalue weighted by Gasteiger charge is 2.73. The fourth-order valence-corrected chi connectivity index (χ4v) is 8.42. The maximum Gasteiger partial charge on any atom is 0.311 e. The third-order valence-electron chi connectivity index (χ3n) is 7.57. The summed E-state index contributed by atoms with van der Waals surface area (Å²) in [6, 6.07) is 5.08. The number of rotatable bonds is 3. The minimum absolute atomic E-state index is 0.0385. The average Bonchev–Trinajstić information content (AvgIpc) is 3.09. The Morgan fingerprint density at radius 1 is 1.09 bits per heavy atom. The number of esters is 1.